The Hall–Kier alpha value is -5.07. The number of nitrogens with one attached hydrogen (secondary N) is 1. The van der Waals surface area contributed by atoms with Crippen LogP contribution in [-0.4, -0.2) is 32.5 Å². The number of imide groups is 1. The molecule has 10 nitrogen and oxygen atoms in total. The molecule has 5 aromatic rings. The van der Waals surface area contributed by atoms with Gasteiger partial charge in [-0.25, -0.2) is 4.90 Å². The number of aromatic nitrogens is 1. The Labute approximate surface area is 258 Å². The number of thioether (sulfide) groups is 1. The van der Waals surface area contributed by atoms with Gasteiger partial charge in [0, 0.05) is 34.0 Å². The molecule has 1 N–H and O–H groups in total. The summed E-state index contributed by atoms with van der Waals surface area (Å²) in [5, 5.41) is 15.5. The Morgan fingerprint density at radius 2 is 1.57 bits per heavy atom. The summed E-state index contributed by atoms with van der Waals surface area (Å²) >= 11 is 2.09. The SMILES string of the molecule is O=C(Cn1c2c(sc1=O)[C@@H](c1ccccc1)[C@@H]1C(=O)N(c3ccc([N+](=O)[O-])cc3)C(=O)[C@@H]1S2)Nc1cccc2ccccc12. The fourth-order valence-electron chi connectivity index (χ4n) is 5.92. The third kappa shape index (κ3) is 4.59. The van der Waals surface area contributed by atoms with Crippen molar-refractivity contribution < 1.29 is 19.3 Å². The molecule has 3 amide bonds. The number of rotatable bonds is 6. The van der Waals surface area contributed by atoms with Gasteiger partial charge in [-0.05, 0) is 29.1 Å². The Kier molecular flexibility index (Phi) is 6.87. The molecule has 0 aliphatic carbocycles. The number of carbonyl (C=O) groups excluding carboxylic acids is 3. The van der Waals surface area contributed by atoms with Gasteiger partial charge < -0.3 is 5.32 Å². The second-order valence-electron chi connectivity index (χ2n) is 10.4. The normalized spacial score (nSPS) is 19.1. The third-order valence-corrected chi connectivity index (χ3v) is 10.5. The van der Waals surface area contributed by atoms with E-state index < -0.39 is 39.7 Å². The first kappa shape index (κ1) is 27.7. The molecule has 3 atom stereocenters. The molecule has 1 fully saturated rings. The summed E-state index contributed by atoms with van der Waals surface area (Å²) in [6.45, 7) is -0.270. The van der Waals surface area contributed by atoms with E-state index in [9.17, 15) is 29.3 Å². The van der Waals surface area contributed by atoms with Gasteiger partial charge in [-0.2, -0.15) is 0 Å². The number of hydrogen-bond donors (Lipinski definition) is 1. The zero-order valence-electron chi connectivity index (χ0n) is 22.8. The largest absolute Gasteiger partial charge is 0.324 e. The summed E-state index contributed by atoms with van der Waals surface area (Å²) in [7, 11) is 0. The summed E-state index contributed by atoms with van der Waals surface area (Å²) in [6.07, 6.45) is 0. The van der Waals surface area contributed by atoms with Crippen LogP contribution in [0, 0.1) is 16.0 Å². The molecule has 218 valence electrons. The van der Waals surface area contributed by atoms with Gasteiger partial charge in [0.2, 0.25) is 17.7 Å². The van der Waals surface area contributed by atoms with Crippen LogP contribution in [-0.2, 0) is 20.9 Å². The van der Waals surface area contributed by atoms with Crippen molar-refractivity contribution in [1.29, 1.82) is 0 Å². The molecule has 3 heterocycles. The lowest BCUT2D eigenvalue weighted by molar-refractivity contribution is -0.384. The number of nitro groups is 1. The second-order valence-corrected chi connectivity index (χ2v) is 12.6. The first-order valence-electron chi connectivity index (χ1n) is 13.7. The molecule has 0 unspecified atom stereocenters. The van der Waals surface area contributed by atoms with E-state index in [2.05, 4.69) is 5.32 Å². The number of amides is 3. The molecule has 12 heteroatoms. The van der Waals surface area contributed by atoms with E-state index in [1.165, 1.54) is 28.8 Å². The molecule has 1 saturated heterocycles. The lowest BCUT2D eigenvalue weighted by Gasteiger charge is -2.30. The second kappa shape index (κ2) is 10.9. The van der Waals surface area contributed by atoms with E-state index in [0.717, 1.165) is 44.3 Å². The summed E-state index contributed by atoms with van der Waals surface area (Å²) in [5.74, 6) is -2.73. The minimum absolute atomic E-state index is 0.158. The van der Waals surface area contributed by atoms with E-state index >= 15 is 0 Å². The first-order chi connectivity index (χ1) is 21.3. The van der Waals surface area contributed by atoms with Crippen molar-refractivity contribution in [2.75, 3.05) is 10.2 Å². The summed E-state index contributed by atoms with van der Waals surface area (Å²) in [5.41, 5.74) is 1.47. The molecule has 2 aliphatic heterocycles. The summed E-state index contributed by atoms with van der Waals surface area (Å²) in [4.78, 5) is 66.5. The molecule has 4 aromatic carbocycles. The van der Waals surface area contributed by atoms with E-state index in [1.54, 1.807) is 6.07 Å². The van der Waals surface area contributed by atoms with Crippen LogP contribution < -0.4 is 15.1 Å². The molecule has 44 heavy (non-hydrogen) atoms. The molecular formula is C32H22N4O6S2. The summed E-state index contributed by atoms with van der Waals surface area (Å²) in [6, 6.07) is 27.7. The number of fused-ring (bicyclic) bond motifs is 3. The van der Waals surface area contributed by atoms with Gasteiger partial charge in [-0.15, -0.1) is 0 Å². The van der Waals surface area contributed by atoms with Crippen LogP contribution >= 0.6 is 23.1 Å². The van der Waals surface area contributed by atoms with Crippen molar-refractivity contribution in [2.45, 2.75) is 22.7 Å². The quantitative estimate of drug-likeness (QED) is 0.152. The van der Waals surface area contributed by atoms with Gasteiger partial charge in [-0.1, -0.05) is 89.8 Å². The van der Waals surface area contributed by atoms with Crippen LogP contribution in [0.3, 0.4) is 0 Å². The lowest BCUT2D eigenvalue weighted by Crippen LogP contribution is -2.33. The van der Waals surface area contributed by atoms with Crippen LogP contribution in [0.1, 0.15) is 16.4 Å². The lowest BCUT2D eigenvalue weighted by atomic mass is 9.83. The van der Waals surface area contributed by atoms with Crippen molar-refractivity contribution in [2.24, 2.45) is 5.92 Å². The highest BCUT2D eigenvalue weighted by molar-refractivity contribution is 8.00. The van der Waals surface area contributed by atoms with E-state index in [0.29, 0.717) is 15.6 Å². The van der Waals surface area contributed by atoms with Gasteiger partial charge in [0.1, 0.15) is 11.8 Å². The van der Waals surface area contributed by atoms with E-state index in [-0.39, 0.29) is 22.8 Å². The number of anilines is 2. The minimum Gasteiger partial charge on any atom is -0.324 e. The molecule has 0 saturated carbocycles. The molecule has 1 aromatic heterocycles. The van der Waals surface area contributed by atoms with Gasteiger partial charge >= 0.3 is 4.87 Å². The van der Waals surface area contributed by atoms with Gasteiger partial charge in [-0.3, -0.25) is 33.9 Å². The number of carbonyl (C=O) groups is 3. The third-order valence-electron chi connectivity index (χ3n) is 7.89. The fourth-order valence-corrected chi connectivity index (χ4v) is 8.69. The van der Waals surface area contributed by atoms with Crippen LogP contribution in [0.5, 0.6) is 0 Å². The number of nitro benzene ring substituents is 1. The van der Waals surface area contributed by atoms with Gasteiger partial charge in [0.15, 0.2) is 0 Å². The fraction of sp³-hybridized carbons (Fsp3) is 0.125. The van der Waals surface area contributed by atoms with Crippen molar-refractivity contribution in [1.82, 2.24) is 4.57 Å². The zero-order chi connectivity index (χ0) is 30.5. The van der Waals surface area contributed by atoms with Gasteiger partial charge in [0.05, 0.1) is 21.6 Å². The Balaban J connectivity index is 1.26. The number of non-ortho nitro benzene ring substituents is 1. The minimum atomic E-state index is -0.864. The van der Waals surface area contributed by atoms with Crippen LogP contribution in [0.4, 0.5) is 17.1 Å². The molecule has 7 rings (SSSR count). The maximum atomic E-state index is 14.0. The van der Waals surface area contributed by atoms with E-state index in [4.69, 9.17) is 0 Å². The number of benzene rings is 4. The molecule has 2 aliphatic rings. The highest BCUT2D eigenvalue weighted by Crippen LogP contribution is 2.53. The monoisotopic (exact) mass is 622 g/mol. The maximum absolute atomic E-state index is 14.0. The number of hydrogen-bond acceptors (Lipinski definition) is 8. The Bertz CT molecular complexity index is 2030. The molecule has 0 radical (unpaired) electrons. The average molecular weight is 623 g/mol. The number of thiazole rings is 1. The molecular weight excluding hydrogens is 601 g/mol. The van der Waals surface area contributed by atoms with Crippen LogP contribution in [0.15, 0.2) is 107 Å². The van der Waals surface area contributed by atoms with E-state index in [1.807, 2.05) is 66.7 Å². The zero-order valence-corrected chi connectivity index (χ0v) is 24.4. The highest BCUT2D eigenvalue weighted by atomic mass is 32.2. The summed E-state index contributed by atoms with van der Waals surface area (Å²) < 4.78 is 1.38. The Morgan fingerprint density at radius 1 is 0.864 bits per heavy atom. The molecule has 0 bridgehead atoms. The van der Waals surface area contributed by atoms with Crippen LogP contribution in [0.2, 0.25) is 0 Å². The van der Waals surface area contributed by atoms with Crippen molar-refractivity contribution in [3.63, 3.8) is 0 Å². The highest BCUT2D eigenvalue weighted by Gasteiger charge is 2.56. The average Bonchev–Trinajstić information content (AvgIpc) is 3.47. The van der Waals surface area contributed by atoms with Crippen LogP contribution in [0.25, 0.3) is 10.8 Å². The molecule has 0 spiro atoms. The Morgan fingerprint density at radius 3 is 2.32 bits per heavy atom. The van der Waals surface area contributed by atoms with Crippen molar-refractivity contribution >= 4 is 68.7 Å². The maximum Gasteiger partial charge on any atom is 0.308 e. The standard InChI is InChI=1S/C32H22N4O6S2/c37-24(33-23-12-6-10-18-7-4-5-11-22(18)23)17-34-31-28(44-32(34)40)25(19-8-2-1-3-9-19)26-27(43-31)30(39)35(29(26)38)20-13-15-21(16-14-20)36(41)42/h1-16,25-27H,17H2,(H,33,37)/t25-,26-,27+/m0/s1. The predicted molar refractivity (Wildman–Crippen MR) is 168 cm³/mol. The topological polar surface area (TPSA) is 132 Å². The smallest absolute Gasteiger partial charge is 0.308 e. The van der Waals surface area contributed by atoms with Crippen molar-refractivity contribution in [3.8, 4) is 0 Å². The predicted octanol–water partition coefficient (Wildman–Crippen LogP) is 5.41. The van der Waals surface area contributed by atoms with Gasteiger partial charge in [0.25, 0.3) is 5.69 Å². The van der Waals surface area contributed by atoms with Crippen molar-refractivity contribution in [3.05, 3.63) is 127 Å². The number of nitrogens with zero attached hydrogens (tertiary/aromatic N) is 3. The first-order valence-corrected chi connectivity index (χ1v) is 15.4.